The zero-order valence-electron chi connectivity index (χ0n) is 13.3. The smallest absolute Gasteiger partial charge is 0.165 e. The summed E-state index contributed by atoms with van der Waals surface area (Å²) in [6, 6.07) is 16.1. The Kier molecular flexibility index (Phi) is 3.46. The topological polar surface area (TPSA) is 69.1 Å². The van der Waals surface area contributed by atoms with Crippen molar-refractivity contribution < 1.29 is 0 Å². The molecule has 4 rings (SSSR count). The highest BCUT2D eigenvalue weighted by molar-refractivity contribution is 5.76. The number of nitrogens with two attached hydrogens (primary N) is 1. The lowest BCUT2D eigenvalue weighted by Crippen LogP contribution is -2.05. The van der Waals surface area contributed by atoms with Gasteiger partial charge >= 0.3 is 0 Å². The van der Waals surface area contributed by atoms with Crippen molar-refractivity contribution in [3.63, 3.8) is 0 Å². The van der Waals surface area contributed by atoms with Crippen LogP contribution < -0.4 is 5.73 Å². The summed E-state index contributed by atoms with van der Waals surface area (Å²) >= 11 is 0. The second kappa shape index (κ2) is 5.77. The van der Waals surface area contributed by atoms with Crippen molar-refractivity contribution in [3.8, 4) is 11.4 Å². The summed E-state index contributed by atoms with van der Waals surface area (Å²) in [7, 11) is 0. The van der Waals surface area contributed by atoms with Gasteiger partial charge in [0, 0.05) is 23.9 Å². The molecule has 5 nitrogen and oxygen atoms in total. The SMILES string of the molecule is CC(c1ccccc1)c1cnc(-c2cnn3ccccc23)nc1N. The molecular weight excluding hydrogens is 298 g/mol. The van der Waals surface area contributed by atoms with Gasteiger partial charge in [-0.3, -0.25) is 0 Å². The van der Waals surface area contributed by atoms with Crippen LogP contribution in [0.15, 0.2) is 67.1 Å². The molecule has 2 N–H and O–H groups in total. The Hall–Kier alpha value is -3.21. The van der Waals surface area contributed by atoms with Gasteiger partial charge in [-0.2, -0.15) is 5.10 Å². The highest BCUT2D eigenvalue weighted by Gasteiger charge is 2.16. The van der Waals surface area contributed by atoms with Gasteiger partial charge in [-0.15, -0.1) is 0 Å². The molecule has 3 aromatic heterocycles. The van der Waals surface area contributed by atoms with E-state index < -0.39 is 0 Å². The average molecular weight is 315 g/mol. The Morgan fingerprint density at radius 2 is 1.79 bits per heavy atom. The minimum atomic E-state index is 0.143. The first-order valence-electron chi connectivity index (χ1n) is 7.84. The Morgan fingerprint density at radius 1 is 1.00 bits per heavy atom. The summed E-state index contributed by atoms with van der Waals surface area (Å²) in [6.45, 7) is 2.11. The van der Waals surface area contributed by atoms with Gasteiger partial charge < -0.3 is 5.73 Å². The zero-order valence-corrected chi connectivity index (χ0v) is 13.3. The fourth-order valence-corrected chi connectivity index (χ4v) is 2.90. The molecule has 0 aliphatic heterocycles. The molecule has 0 saturated heterocycles. The van der Waals surface area contributed by atoms with Gasteiger partial charge in [0.2, 0.25) is 0 Å². The molecule has 0 spiro atoms. The molecule has 3 heterocycles. The molecule has 4 aromatic rings. The zero-order chi connectivity index (χ0) is 16.5. The number of fused-ring (bicyclic) bond motifs is 1. The lowest BCUT2D eigenvalue weighted by molar-refractivity contribution is 0.903. The van der Waals surface area contributed by atoms with E-state index in [0.717, 1.165) is 16.6 Å². The van der Waals surface area contributed by atoms with Gasteiger partial charge in [0.15, 0.2) is 5.82 Å². The Bertz CT molecular complexity index is 991. The predicted molar refractivity (Wildman–Crippen MR) is 94.6 cm³/mol. The van der Waals surface area contributed by atoms with Gasteiger partial charge in [0.25, 0.3) is 0 Å². The van der Waals surface area contributed by atoms with Gasteiger partial charge in [-0.25, -0.2) is 14.5 Å². The summed E-state index contributed by atoms with van der Waals surface area (Å²) in [5, 5.41) is 4.33. The quantitative estimate of drug-likeness (QED) is 0.628. The summed E-state index contributed by atoms with van der Waals surface area (Å²) in [5.41, 5.74) is 10.2. The van der Waals surface area contributed by atoms with E-state index in [1.54, 1.807) is 10.7 Å². The highest BCUT2D eigenvalue weighted by atomic mass is 15.2. The number of benzene rings is 1. The van der Waals surface area contributed by atoms with Crippen molar-refractivity contribution in [2.45, 2.75) is 12.8 Å². The van der Waals surface area contributed by atoms with Gasteiger partial charge in [0.1, 0.15) is 5.82 Å². The van der Waals surface area contributed by atoms with Crippen LogP contribution in [0.2, 0.25) is 0 Å². The van der Waals surface area contributed by atoms with Crippen LogP contribution in [0.5, 0.6) is 0 Å². The first-order chi connectivity index (χ1) is 11.7. The van der Waals surface area contributed by atoms with E-state index in [1.807, 2.05) is 48.8 Å². The first kappa shape index (κ1) is 14.4. The molecule has 0 amide bonds. The molecule has 118 valence electrons. The minimum Gasteiger partial charge on any atom is -0.383 e. The second-order valence-corrected chi connectivity index (χ2v) is 5.76. The monoisotopic (exact) mass is 315 g/mol. The Balaban J connectivity index is 1.75. The van der Waals surface area contributed by atoms with Crippen molar-refractivity contribution in [1.29, 1.82) is 0 Å². The molecular formula is C19H17N5. The van der Waals surface area contributed by atoms with Crippen LogP contribution >= 0.6 is 0 Å². The average Bonchev–Trinajstić information content (AvgIpc) is 3.06. The Labute approximate surface area is 139 Å². The fraction of sp³-hybridized carbons (Fsp3) is 0.105. The van der Waals surface area contributed by atoms with E-state index in [4.69, 9.17) is 5.73 Å². The fourth-order valence-electron chi connectivity index (χ4n) is 2.90. The third kappa shape index (κ3) is 2.40. The van der Waals surface area contributed by atoms with Crippen LogP contribution in [-0.2, 0) is 0 Å². The maximum Gasteiger partial charge on any atom is 0.165 e. The van der Waals surface area contributed by atoms with E-state index >= 15 is 0 Å². The van der Waals surface area contributed by atoms with Crippen molar-refractivity contribution >= 4 is 11.3 Å². The van der Waals surface area contributed by atoms with E-state index in [-0.39, 0.29) is 5.92 Å². The van der Waals surface area contributed by atoms with Crippen LogP contribution in [0.25, 0.3) is 16.9 Å². The normalized spacial score (nSPS) is 12.4. The number of nitrogens with zero attached hydrogens (tertiary/aromatic N) is 4. The van der Waals surface area contributed by atoms with Gasteiger partial charge in [0.05, 0.1) is 17.3 Å². The van der Waals surface area contributed by atoms with E-state index in [0.29, 0.717) is 11.6 Å². The number of aromatic nitrogens is 4. The van der Waals surface area contributed by atoms with Crippen LogP contribution in [-0.4, -0.2) is 19.6 Å². The van der Waals surface area contributed by atoms with E-state index in [2.05, 4.69) is 34.1 Å². The van der Waals surface area contributed by atoms with Crippen molar-refractivity contribution in [2.24, 2.45) is 0 Å². The first-order valence-corrected chi connectivity index (χ1v) is 7.84. The molecule has 0 radical (unpaired) electrons. The van der Waals surface area contributed by atoms with E-state index in [9.17, 15) is 0 Å². The number of nitrogen functional groups attached to an aromatic ring is 1. The number of pyridine rings is 1. The molecule has 0 bridgehead atoms. The molecule has 1 unspecified atom stereocenters. The summed E-state index contributed by atoms with van der Waals surface area (Å²) in [6.07, 6.45) is 5.49. The van der Waals surface area contributed by atoms with Gasteiger partial charge in [-0.05, 0) is 17.7 Å². The predicted octanol–water partition coefficient (Wildman–Crippen LogP) is 3.53. The number of hydrogen-bond donors (Lipinski definition) is 1. The van der Waals surface area contributed by atoms with E-state index in [1.165, 1.54) is 5.56 Å². The minimum absolute atomic E-state index is 0.143. The third-order valence-electron chi connectivity index (χ3n) is 4.28. The molecule has 0 aliphatic carbocycles. The number of rotatable bonds is 3. The molecule has 0 saturated carbocycles. The summed E-state index contributed by atoms with van der Waals surface area (Å²) in [5.74, 6) is 1.24. The Morgan fingerprint density at radius 3 is 2.58 bits per heavy atom. The third-order valence-corrected chi connectivity index (χ3v) is 4.28. The lowest BCUT2D eigenvalue weighted by Gasteiger charge is -2.14. The number of anilines is 1. The van der Waals surface area contributed by atoms with Crippen molar-refractivity contribution in [1.82, 2.24) is 19.6 Å². The van der Waals surface area contributed by atoms with Crippen molar-refractivity contribution in [3.05, 3.63) is 78.2 Å². The molecule has 0 aliphatic rings. The molecule has 1 aromatic carbocycles. The van der Waals surface area contributed by atoms with Crippen LogP contribution in [0.4, 0.5) is 5.82 Å². The summed E-state index contributed by atoms with van der Waals surface area (Å²) in [4.78, 5) is 9.06. The molecule has 1 atom stereocenters. The summed E-state index contributed by atoms with van der Waals surface area (Å²) < 4.78 is 1.80. The highest BCUT2D eigenvalue weighted by Crippen LogP contribution is 2.29. The number of hydrogen-bond acceptors (Lipinski definition) is 4. The maximum atomic E-state index is 6.23. The lowest BCUT2D eigenvalue weighted by atomic mass is 9.94. The molecule has 0 fully saturated rings. The van der Waals surface area contributed by atoms with Gasteiger partial charge in [-0.1, -0.05) is 43.3 Å². The van der Waals surface area contributed by atoms with Crippen LogP contribution in [0.3, 0.4) is 0 Å². The second-order valence-electron chi connectivity index (χ2n) is 5.76. The van der Waals surface area contributed by atoms with Crippen molar-refractivity contribution in [2.75, 3.05) is 5.73 Å². The largest absolute Gasteiger partial charge is 0.383 e. The molecule has 24 heavy (non-hydrogen) atoms. The molecule has 5 heteroatoms. The van der Waals surface area contributed by atoms with Crippen LogP contribution in [0.1, 0.15) is 24.0 Å². The standard InChI is InChI=1S/C19H17N5/c1-13(14-7-3-2-4-8-14)15-11-21-19(23-18(15)20)16-12-22-24-10-6-5-9-17(16)24/h2-13H,1H3,(H2,20,21,23). The van der Waals surface area contributed by atoms with Crippen LogP contribution in [0, 0.1) is 0 Å². The maximum absolute atomic E-state index is 6.23.